The Hall–Kier alpha value is -1.74. The minimum Gasteiger partial charge on any atom is -0.305 e. The molecule has 20 heavy (non-hydrogen) atoms. The molecule has 1 N–H and O–H groups in total. The summed E-state index contributed by atoms with van der Waals surface area (Å²) < 4.78 is 0. The van der Waals surface area contributed by atoms with Crippen LogP contribution in [0.3, 0.4) is 0 Å². The van der Waals surface area contributed by atoms with Gasteiger partial charge in [0, 0.05) is 6.20 Å². The Kier molecular flexibility index (Phi) is 5.24. The van der Waals surface area contributed by atoms with Crippen LogP contribution in [0.1, 0.15) is 49.0 Å². The van der Waals surface area contributed by atoms with Crippen molar-refractivity contribution in [1.82, 2.24) is 15.3 Å². The van der Waals surface area contributed by atoms with E-state index in [1.54, 1.807) is 0 Å². The van der Waals surface area contributed by atoms with E-state index in [1.807, 2.05) is 19.2 Å². The molecule has 0 aliphatic heterocycles. The zero-order valence-electron chi connectivity index (χ0n) is 12.6. The van der Waals surface area contributed by atoms with E-state index >= 15 is 0 Å². The second kappa shape index (κ2) is 7.15. The molecule has 0 radical (unpaired) electrons. The van der Waals surface area contributed by atoms with Crippen molar-refractivity contribution in [2.75, 3.05) is 6.54 Å². The van der Waals surface area contributed by atoms with E-state index in [0.717, 1.165) is 24.5 Å². The number of nitrogens with one attached hydrogen (secondary N) is 1. The van der Waals surface area contributed by atoms with Gasteiger partial charge in [0.2, 0.25) is 0 Å². The van der Waals surface area contributed by atoms with Gasteiger partial charge in [0.25, 0.3) is 0 Å². The molecule has 2 aromatic rings. The van der Waals surface area contributed by atoms with Crippen LogP contribution < -0.4 is 5.32 Å². The first kappa shape index (κ1) is 14.7. The van der Waals surface area contributed by atoms with Crippen molar-refractivity contribution in [1.29, 1.82) is 0 Å². The smallest absolute Gasteiger partial charge is 0.125 e. The molecule has 1 aromatic heterocycles. The van der Waals surface area contributed by atoms with Crippen LogP contribution in [0.2, 0.25) is 0 Å². The molecule has 0 amide bonds. The minimum absolute atomic E-state index is 0.138. The fraction of sp³-hybridized carbons (Fsp3) is 0.412. The van der Waals surface area contributed by atoms with Crippen LogP contribution in [0, 0.1) is 6.92 Å². The van der Waals surface area contributed by atoms with Crippen LogP contribution in [-0.4, -0.2) is 16.5 Å². The quantitative estimate of drug-likeness (QED) is 0.873. The normalized spacial score (nSPS) is 12.3. The summed E-state index contributed by atoms with van der Waals surface area (Å²) in [6, 6.07) is 10.9. The summed E-state index contributed by atoms with van der Waals surface area (Å²) >= 11 is 0. The number of aromatic nitrogens is 2. The van der Waals surface area contributed by atoms with Gasteiger partial charge in [-0.15, -0.1) is 0 Å². The monoisotopic (exact) mass is 269 g/mol. The molecule has 0 aliphatic rings. The molecule has 0 saturated heterocycles. The molecule has 0 fully saturated rings. The fourth-order valence-corrected chi connectivity index (χ4v) is 2.45. The Labute approximate surface area is 121 Å². The summed E-state index contributed by atoms with van der Waals surface area (Å²) in [5, 5.41) is 3.52. The van der Waals surface area contributed by atoms with Crippen molar-refractivity contribution in [2.45, 2.75) is 39.7 Å². The zero-order chi connectivity index (χ0) is 14.4. The second-order valence-electron chi connectivity index (χ2n) is 5.01. The van der Waals surface area contributed by atoms with Gasteiger partial charge >= 0.3 is 0 Å². The highest BCUT2D eigenvalue weighted by molar-refractivity contribution is 5.31. The molecular weight excluding hydrogens is 246 g/mol. The van der Waals surface area contributed by atoms with Gasteiger partial charge in [-0.25, -0.2) is 9.97 Å². The maximum absolute atomic E-state index is 4.57. The number of nitrogens with zero attached hydrogens (tertiary/aromatic N) is 2. The van der Waals surface area contributed by atoms with Gasteiger partial charge in [-0.2, -0.15) is 0 Å². The van der Waals surface area contributed by atoms with Crippen molar-refractivity contribution in [2.24, 2.45) is 0 Å². The van der Waals surface area contributed by atoms with E-state index in [9.17, 15) is 0 Å². The van der Waals surface area contributed by atoms with Gasteiger partial charge < -0.3 is 5.32 Å². The van der Waals surface area contributed by atoms with Crippen LogP contribution >= 0.6 is 0 Å². The lowest BCUT2D eigenvalue weighted by Crippen LogP contribution is -2.23. The van der Waals surface area contributed by atoms with E-state index in [4.69, 9.17) is 0 Å². The number of hydrogen-bond acceptors (Lipinski definition) is 3. The maximum Gasteiger partial charge on any atom is 0.125 e. The molecule has 1 atom stereocenters. The molecule has 0 spiro atoms. The Morgan fingerprint density at radius 1 is 1.20 bits per heavy atom. The van der Waals surface area contributed by atoms with Gasteiger partial charge in [-0.1, -0.05) is 44.5 Å². The largest absolute Gasteiger partial charge is 0.305 e. The summed E-state index contributed by atoms with van der Waals surface area (Å²) in [5.41, 5.74) is 3.70. The van der Waals surface area contributed by atoms with E-state index in [-0.39, 0.29) is 6.04 Å². The number of hydrogen-bond donors (Lipinski definition) is 1. The number of benzene rings is 1. The Morgan fingerprint density at radius 3 is 2.75 bits per heavy atom. The third-order valence-corrected chi connectivity index (χ3v) is 3.32. The van der Waals surface area contributed by atoms with E-state index < -0.39 is 0 Å². The first-order valence-corrected chi connectivity index (χ1v) is 7.36. The fourth-order valence-electron chi connectivity index (χ4n) is 2.45. The second-order valence-corrected chi connectivity index (χ2v) is 5.01. The minimum atomic E-state index is 0.138. The third kappa shape index (κ3) is 3.64. The average Bonchev–Trinajstić information content (AvgIpc) is 2.45. The molecule has 2 rings (SSSR count). The van der Waals surface area contributed by atoms with Gasteiger partial charge in [0.1, 0.15) is 5.82 Å². The van der Waals surface area contributed by atoms with Crippen molar-refractivity contribution < 1.29 is 0 Å². The van der Waals surface area contributed by atoms with Crippen molar-refractivity contribution >= 4 is 0 Å². The lowest BCUT2D eigenvalue weighted by molar-refractivity contribution is 0.611. The Bertz CT molecular complexity index is 551. The van der Waals surface area contributed by atoms with Crippen LogP contribution in [-0.2, 0) is 6.42 Å². The van der Waals surface area contributed by atoms with E-state index in [2.05, 4.69) is 53.4 Å². The van der Waals surface area contributed by atoms with Crippen molar-refractivity contribution in [3.05, 3.63) is 59.2 Å². The lowest BCUT2D eigenvalue weighted by atomic mass is 9.99. The van der Waals surface area contributed by atoms with E-state index in [0.29, 0.717) is 0 Å². The maximum atomic E-state index is 4.57. The third-order valence-electron chi connectivity index (χ3n) is 3.32. The standard InChI is InChI=1S/C17H23N3/c1-4-7-14-8-6-9-15(12-14)17(18-5-2)16-10-11-19-13(3)20-16/h6,8-12,17-18H,4-5,7H2,1-3H3. The lowest BCUT2D eigenvalue weighted by Gasteiger charge is -2.19. The molecule has 1 heterocycles. The predicted molar refractivity (Wildman–Crippen MR) is 82.7 cm³/mol. The van der Waals surface area contributed by atoms with Crippen LogP contribution in [0.5, 0.6) is 0 Å². The Balaban J connectivity index is 2.35. The molecule has 3 nitrogen and oxygen atoms in total. The summed E-state index contributed by atoms with van der Waals surface area (Å²) in [6.45, 7) is 7.17. The highest BCUT2D eigenvalue weighted by Gasteiger charge is 2.15. The van der Waals surface area contributed by atoms with Crippen molar-refractivity contribution in [3.8, 4) is 0 Å². The highest BCUT2D eigenvalue weighted by atomic mass is 15.0. The molecule has 106 valence electrons. The van der Waals surface area contributed by atoms with Gasteiger partial charge in [-0.05, 0) is 37.1 Å². The summed E-state index contributed by atoms with van der Waals surface area (Å²) in [6.07, 6.45) is 4.12. The summed E-state index contributed by atoms with van der Waals surface area (Å²) in [4.78, 5) is 8.75. The molecule has 1 aromatic carbocycles. The highest BCUT2D eigenvalue weighted by Crippen LogP contribution is 2.21. The number of rotatable bonds is 6. The number of aryl methyl sites for hydroxylation is 2. The topological polar surface area (TPSA) is 37.8 Å². The first-order chi connectivity index (χ1) is 9.74. The van der Waals surface area contributed by atoms with Gasteiger partial charge in [0.05, 0.1) is 11.7 Å². The van der Waals surface area contributed by atoms with Gasteiger partial charge in [0.15, 0.2) is 0 Å². The molecule has 0 bridgehead atoms. The molecule has 0 aliphatic carbocycles. The molecule has 0 saturated carbocycles. The molecule has 3 heteroatoms. The molecule has 1 unspecified atom stereocenters. The van der Waals surface area contributed by atoms with E-state index in [1.165, 1.54) is 17.5 Å². The first-order valence-electron chi connectivity index (χ1n) is 7.36. The Morgan fingerprint density at radius 2 is 2.05 bits per heavy atom. The SMILES string of the molecule is CCCc1cccc(C(NCC)c2ccnc(C)n2)c1. The molecular formula is C17H23N3. The average molecular weight is 269 g/mol. The van der Waals surface area contributed by atoms with Crippen LogP contribution in [0.4, 0.5) is 0 Å². The van der Waals surface area contributed by atoms with Gasteiger partial charge in [-0.3, -0.25) is 0 Å². The zero-order valence-corrected chi connectivity index (χ0v) is 12.6. The summed E-state index contributed by atoms with van der Waals surface area (Å²) in [7, 11) is 0. The van der Waals surface area contributed by atoms with Crippen molar-refractivity contribution in [3.63, 3.8) is 0 Å². The van der Waals surface area contributed by atoms with Crippen LogP contribution in [0.15, 0.2) is 36.5 Å². The predicted octanol–water partition coefficient (Wildman–Crippen LogP) is 3.44. The van der Waals surface area contributed by atoms with Crippen LogP contribution in [0.25, 0.3) is 0 Å². The summed E-state index contributed by atoms with van der Waals surface area (Å²) in [5.74, 6) is 0.815.